The van der Waals surface area contributed by atoms with Gasteiger partial charge in [-0.1, -0.05) is 0 Å². The summed E-state index contributed by atoms with van der Waals surface area (Å²) in [7, 11) is 2.25. The van der Waals surface area contributed by atoms with Gasteiger partial charge in [-0.25, -0.2) is 0 Å². The molecule has 2 unspecified atom stereocenters. The van der Waals surface area contributed by atoms with Crippen LogP contribution in [0.4, 0.5) is 0 Å². The van der Waals surface area contributed by atoms with Gasteiger partial charge in [-0.2, -0.15) is 0 Å². The second-order valence-corrected chi connectivity index (χ2v) is 8.73. The Kier molecular flexibility index (Phi) is 7.24. The third-order valence-electron chi connectivity index (χ3n) is 4.53. The van der Waals surface area contributed by atoms with Crippen LogP contribution in [-0.4, -0.2) is 46.1 Å². The molecule has 2 nitrogen and oxygen atoms in total. The van der Waals surface area contributed by atoms with Crippen LogP contribution < -0.4 is 0 Å². The van der Waals surface area contributed by atoms with E-state index in [0.29, 0.717) is 18.1 Å². The Hall–Kier alpha value is -0.0800. The van der Waals surface area contributed by atoms with Crippen molar-refractivity contribution >= 4 is 0 Å². The molecule has 0 aliphatic rings. The predicted octanol–water partition coefficient (Wildman–Crippen LogP) is 4.78. The standard InChI is InChI=1S/C18H40N2/c1-14(2)20(18(8,9)10)16(4)13-12-15(3)19(11)17(5,6)7/h14-16H,12-13H2,1-11H3. The van der Waals surface area contributed by atoms with Crippen LogP contribution >= 0.6 is 0 Å². The van der Waals surface area contributed by atoms with Crippen molar-refractivity contribution in [3.63, 3.8) is 0 Å². The van der Waals surface area contributed by atoms with E-state index in [1.54, 1.807) is 0 Å². The fraction of sp³-hybridized carbons (Fsp3) is 1.00. The second-order valence-electron chi connectivity index (χ2n) is 8.73. The lowest BCUT2D eigenvalue weighted by atomic mass is 9.96. The first-order valence-electron chi connectivity index (χ1n) is 8.29. The van der Waals surface area contributed by atoms with E-state index < -0.39 is 0 Å². The van der Waals surface area contributed by atoms with Gasteiger partial charge in [0, 0.05) is 29.2 Å². The molecule has 0 fully saturated rings. The van der Waals surface area contributed by atoms with Gasteiger partial charge in [0.05, 0.1) is 0 Å². The molecular weight excluding hydrogens is 244 g/mol. The van der Waals surface area contributed by atoms with Gasteiger partial charge in [-0.15, -0.1) is 0 Å². The van der Waals surface area contributed by atoms with Crippen LogP contribution in [-0.2, 0) is 0 Å². The molecular formula is C18H40N2. The summed E-state index contributed by atoms with van der Waals surface area (Å²) in [6.45, 7) is 23.2. The Morgan fingerprint density at radius 3 is 1.40 bits per heavy atom. The third-order valence-corrected chi connectivity index (χ3v) is 4.53. The molecule has 0 amide bonds. The molecule has 0 aromatic rings. The monoisotopic (exact) mass is 284 g/mol. The molecule has 0 aliphatic heterocycles. The minimum absolute atomic E-state index is 0.243. The summed E-state index contributed by atoms with van der Waals surface area (Å²) in [6, 6.07) is 1.86. The van der Waals surface area contributed by atoms with Gasteiger partial charge in [-0.3, -0.25) is 9.80 Å². The zero-order valence-corrected chi connectivity index (χ0v) is 16.0. The summed E-state index contributed by atoms with van der Waals surface area (Å²) in [5.41, 5.74) is 0.497. The lowest BCUT2D eigenvalue weighted by Gasteiger charge is -2.44. The van der Waals surface area contributed by atoms with Gasteiger partial charge in [0.1, 0.15) is 0 Å². The molecule has 2 heteroatoms. The minimum atomic E-state index is 0.243. The Bertz CT molecular complexity index is 270. The molecule has 0 heterocycles. The summed E-state index contributed by atoms with van der Waals surface area (Å²) in [5.74, 6) is 0. The van der Waals surface area contributed by atoms with Crippen molar-refractivity contribution in [1.29, 1.82) is 0 Å². The van der Waals surface area contributed by atoms with Crippen molar-refractivity contribution in [2.45, 2.75) is 111 Å². The summed E-state index contributed by atoms with van der Waals surface area (Å²) in [6.07, 6.45) is 2.52. The maximum atomic E-state index is 2.65. The van der Waals surface area contributed by atoms with E-state index in [1.165, 1.54) is 12.8 Å². The first kappa shape index (κ1) is 19.9. The number of nitrogens with zero attached hydrogens (tertiary/aromatic N) is 2. The molecule has 0 radical (unpaired) electrons. The highest BCUT2D eigenvalue weighted by molar-refractivity contribution is 4.85. The van der Waals surface area contributed by atoms with E-state index in [4.69, 9.17) is 0 Å². The Balaban J connectivity index is 4.58. The van der Waals surface area contributed by atoms with Gasteiger partial charge in [0.25, 0.3) is 0 Å². The average molecular weight is 285 g/mol. The molecule has 2 atom stereocenters. The Labute approximate surface area is 128 Å². The average Bonchev–Trinajstić information content (AvgIpc) is 2.20. The van der Waals surface area contributed by atoms with Crippen LogP contribution in [0.15, 0.2) is 0 Å². The molecule has 0 spiro atoms. The molecule has 0 aromatic carbocycles. The SMILES string of the molecule is CC(CCC(C)N(C(C)C)C(C)(C)C)N(C)C(C)(C)C. The van der Waals surface area contributed by atoms with E-state index in [-0.39, 0.29) is 11.1 Å². The first-order chi connectivity index (χ1) is 8.78. The summed E-state index contributed by atoms with van der Waals surface area (Å²) < 4.78 is 0. The molecule has 122 valence electrons. The normalized spacial score (nSPS) is 17.1. The van der Waals surface area contributed by atoms with Crippen molar-refractivity contribution in [1.82, 2.24) is 9.80 Å². The number of hydrogen-bond donors (Lipinski definition) is 0. The minimum Gasteiger partial charge on any atom is -0.299 e. The van der Waals surface area contributed by atoms with Gasteiger partial charge in [0.2, 0.25) is 0 Å². The fourth-order valence-corrected chi connectivity index (χ4v) is 3.42. The van der Waals surface area contributed by atoms with E-state index in [9.17, 15) is 0 Å². The second kappa shape index (κ2) is 7.26. The molecule has 0 aromatic heterocycles. The van der Waals surface area contributed by atoms with Crippen LogP contribution in [0.1, 0.15) is 82.1 Å². The van der Waals surface area contributed by atoms with E-state index in [0.717, 1.165) is 0 Å². The summed E-state index contributed by atoms with van der Waals surface area (Å²) in [5, 5.41) is 0. The zero-order valence-electron chi connectivity index (χ0n) is 16.0. The van der Waals surface area contributed by atoms with Crippen molar-refractivity contribution in [2.75, 3.05) is 7.05 Å². The molecule has 0 N–H and O–H groups in total. The first-order valence-corrected chi connectivity index (χ1v) is 8.29. The van der Waals surface area contributed by atoms with Crippen LogP contribution in [0.5, 0.6) is 0 Å². The quantitative estimate of drug-likeness (QED) is 0.692. The molecule has 0 saturated heterocycles. The topological polar surface area (TPSA) is 6.48 Å². The Morgan fingerprint density at radius 1 is 0.700 bits per heavy atom. The van der Waals surface area contributed by atoms with Crippen molar-refractivity contribution < 1.29 is 0 Å². The van der Waals surface area contributed by atoms with Crippen molar-refractivity contribution in [3.8, 4) is 0 Å². The molecule has 0 aliphatic carbocycles. The number of hydrogen-bond acceptors (Lipinski definition) is 2. The maximum absolute atomic E-state index is 2.65. The highest BCUT2D eigenvalue weighted by Gasteiger charge is 2.29. The predicted molar refractivity (Wildman–Crippen MR) is 92.4 cm³/mol. The summed E-state index contributed by atoms with van der Waals surface area (Å²) >= 11 is 0. The molecule has 0 bridgehead atoms. The van der Waals surface area contributed by atoms with E-state index in [2.05, 4.69) is 86.1 Å². The van der Waals surface area contributed by atoms with E-state index in [1.807, 2.05) is 0 Å². The van der Waals surface area contributed by atoms with Crippen molar-refractivity contribution in [3.05, 3.63) is 0 Å². The largest absolute Gasteiger partial charge is 0.299 e. The number of rotatable bonds is 6. The van der Waals surface area contributed by atoms with Crippen LogP contribution in [0.25, 0.3) is 0 Å². The fourth-order valence-electron chi connectivity index (χ4n) is 3.42. The van der Waals surface area contributed by atoms with Gasteiger partial charge < -0.3 is 0 Å². The van der Waals surface area contributed by atoms with Gasteiger partial charge in [-0.05, 0) is 89.1 Å². The highest BCUT2D eigenvalue weighted by Crippen LogP contribution is 2.25. The molecule has 20 heavy (non-hydrogen) atoms. The van der Waals surface area contributed by atoms with Crippen LogP contribution in [0.2, 0.25) is 0 Å². The summed E-state index contributed by atoms with van der Waals surface area (Å²) in [4.78, 5) is 5.15. The van der Waals surface area contributed by atoms with Gasteiger partial charge >= 0.3 is 0 Å². The Morgan fingerprint density at radius 2 is 1.10 bits per heavy atom. The van der Waals surface area contributed by atoms with Crippen LogP contribution in [0.3, 0.4) is 0 Å². The molecule has 0 saturated carbocycles. The molecule has 0 rings (SSSR count). The third kappa shape index (κ3) is 6.13. The maximum Gasteiger partial charge on any atom is 0.0130 e. The van der Waals surface area contributed by atoms with Gasteiger partial charge in [0.15, 0.2) is 0 Å². The highest BCUT2D eigenvalue weighted by atomic mass is 15.2. The smallest absolute Gasteiger partial charge is 0.0130 e. The van der Waals surface area contributed by atoms with E-state index >= 15 is 0 Å². The lowest BCUT2D eigenvalue weighted by Crippen LogP contribution is -2.51. The lowest BCUT2D eigenvalue weighted by molar-refractivity contribution is 0.0432. The van der Waals surface area contributed by atoms with Crippen LogP contribution in [0, 0.1) is 0 Å². The zero-order chi connectivity index (χ0) is 16.3. The van der Waals surface area contributed by atoms with Crippen molar-refractivity contribution in [2.24, 2.45) is 0 Å².